The van der Waals surface area contributed by atoms with Gasteiger partial charge in [-0.1, -0.05) is 17.7 Å². The molecule has 0 bridgehead atoms. The molecule has 0 amide bonds. The largest absolute Gasteiger partial charge is 0.346 e. The molecule has 1 aromatic heterocycles. The molecule has 0 fully saturated rings. The van der Waals surface area contributed by atoms with E-state index < -0.39 is 4.92 Å². The Balaban J connectivity index is 2.37. The molecule has 19 heavy (non-hydrogen) atoms. The topological polar surface area (TPSA) is 60.1 Å². The van der Waals surface area contributed by atoms with Crippen molar-refractivity contribution in [3.8, 4) is 0 Å². The van der Waals surface area contributed by atoms with Gasteiger partial charge in [-0.25, -0.2) is 0 Å². The Hall–Kier alpha value is -1.85. The number of hydrogen-bond donors (Lipinski definition) is 1. The zero-order valence-electron chi connectivity index (χ0n) is 10.5. The first-order chi connectivity index (χ1) is 9.13. The molecule has 0 spiro atoms. The van der Waals surface area contributed by atoms with Crippen molar-refractivity contribution >= 4 is 17.3 Å². The zero-order chi connectivity index (χ0) is 13.8. The number of nitrogens with one attached hydrogen (secondary N) is 1. The summed E-state index contributed by atoms with van der Waals surface area (Å²) in [6, 6.07) is 8.62. The van der Waals surface area contributed by atoms with Gasteiger partial charge in [-0.3, -0.25) is 10.1 Å². The van der Waals surface area contributed by atoms with Crippen LogP contribution in [-0.4, -0.2) is 16.5 Å². The van der Waals surface area contributed by atoms with Gasteiger partial charge in [0.05, 0.1) is 22.1 Å². The highest BCUT2D eigenvalue weighted by molar-refractivity contribution is 6.31. The molecule has 1 aromatic carbocycles. The Labute approximate surface area is 116 Å². The lowest BCUT2D eigenvalue weighted by Gasteiger charge is -2.10. The number of benzene rings is 1. The van der Waals surface area contributed by atoms with Gasteiger partial charge in [-0.2, -0.15) is 0 Å². The van der Waals surface area contributed by atoms with Crippen molar-refractivity contribution in [2.75, 3.05) is 7.05 Å². The van der Waals surface area contributed by atoms with Crippen LogP contribution in [0.2, 0.25) is 5.02 Å². The second-order valence-electron chi connectivity index (χ2n) is 4.15. The maximum atomic E-state index is 11.0. The van der Waals surface area contributed by atoms with E-state index >= 15 is 0 Å². The van der Waals surface area contributed by atoms with Crippen LogP contribution in [0, 0.1) is 10.1 Å². The fourth-order valence-electron chi connectivity index (χ4n) is 1.99. The summed E-state index contributed by atoms with van der Waals surface area (Å²) in [4.78, 5) is 10.6. The normalized spacial score (nSPS) is 10.6. The van der Waals surface area contributed by atoms with Crippen molar-refractivity contribution in [3.05, 3.63) is 62.9 Å². The van der Waals surface area contributed by atoms with E-state index in [1.54, 1.807) is 12.1 Å². The predicted octanol–water partition coefficient (Wildman–Crippen LogP) is 2.82. The van der Waals surface area contributed by atoms with E-state index in [2.05, 4.69) is 5.32 Å². The summed E-state index contributed by atoms with van der Waals surface area (Å²) in [6.07, 6.45) is 1.89. The van der Waals surface area contributed by atoms with E-state index in [9.17, 15) is 10.1 Å². The molecule has 6 heteroatoms. The molecule has 0 aliphatic heterocycles. The Bertz CT molecular complexity index is 595. The van der Waals surface area contributed by atoms with Gasteiger partial charge in [0.25, 0.3) is 5.69 Å². The van der Waals surface area contributed by atoms with Crippen molar-refractivity contribution < 1.29 is 4.92 Å². The minimum absolute atomic E-state index is 0.0524. The van der Waals surface area contributed by atoms with E-state index in [-0.39, 0.29) is 5.69 Å². The van der Waals surface area contributed by atoms with Crippen LogP contribution in [0.5, 0.6) is 0 Å². The predicted molar refractivity (Wildman–Crippen MR) is 74.4 cm³/mol. The quantitative estimate of drug-likeness (QED) is 0.676. The molecule has 0 saturated heterocycles. The highest BCUT2D eigenvalue weighted by Gasteiger charge is 2.17. The van der Waals surface area contributed by atoms with Gasteiger partial charge in [-0.15, -0.1) is 0 Å². The van der Waals surface area contributed by atoms with Crippen LogP contribution in [-0.2, 0) is 13.1 Å². The van der Waals surface area contributed by atoms with E-state index in [1.807, 2.05) is 29.9 Å². The number of aromatic nitrogens is 1. The number of hydrogen-bond acceptors (Lipinski definition) is 3. The lowest BCUT2D eigenvalue weighted by molar-refractivity contribution is -0.385. The molecule has 100 valence electrons. The summed E-state index contributed by atoms with van der Waals surface area (Å²) < 4.78 is 1.95. The first-order valence-corrected chi connectivity index (χ1v) is 6.21. The molecule has 2 aromatic rings. The van der Waals surface area contributed by atoms with E-state index in [1.165, 1.54) is 6.07 Å². The van der Waals surface area contributed by atoms with Crippen LogP contribution in [0.25, 0.3) is 0 Å². The molecular weight excluding hydrogens is 266 g/mol. The van der Waals surface area contributed by atoms with Gasteiger partial charge in [0.1, 0.15) is 0 Å². The molecular formula is C13H14ClN3O2. The lowest BCUT2D eigenvalue weighted by atomic mass is 10.1. The third kappa shape index (κ3) is 2.94. The Morgan fingerprint density at radius 2 is 2.16 bits per heavy atom. The van der Waals surface area contributed by atoms with Gasteiger partial charge >= 0.3 is 0 Å². The van der Waals surface area contributed by atoms with Crippen LogP contribution >= 0.6 is 11.6 Å². The second kappa shape index (κ2) is 5.86. The average Bonchev–Trinajstić information content (AvgIpc) is 2.79. The summed E-state index contributed by atoms with van der Waals surface area (Å²) in [5, 5.41) is 14.5. The molecule has 0 radical (unpaired) electrons. The fourth-order valence-corrected chi connectivity index (χ4v) is 2.22. The lowest BCUT2D eigenvalue weighted by Crippen LogP contribution is -2.12. The summed E-state index contributed by atoms with van der Waals surface area (Å²) in [7, 11) is 1.86. The van der Waals surface area contributed by atoms with Crippen LogP contribution < -0.4 is 5.32 Å². The first-order valence-electron chi connectivity index (χ1n) is 5.84. The van der Waals surface area contributed by atoms with Crippen LogP contribution in [0.15, 0.2) is 36.5 Å². The third-order valence-electron chi connectivity index (χ3n) is 2.90. The number of nitro benzene ring substituents is 1. The number of nitrogens with zero attached hydrogens (tertiary/aromatic N) is 2. The standard InChI is InChI=1S/C13H14ClN3O2/c1-15-8-10-4-3-7-16(10)9-11-12(14)5-2-6-13(11)17(18)19/h2-7,15H,8-9H2,1H3. The Kier molecular flexibility index (Phi) is 4.19. The molecule has 0 aliphatic carbocycles. The minimum Gasteiger partial charge on any atom is -0.346 e. The Morgan fingerprint density at radius 3 is 2.84 bits per heavy atom. The van der Waals surface area contributed by atoms with Gasteiger partial charge in [0.15, 0.2) is 0 Å². The molecule has 2 rings (SSSR count). The molecule has 0 unspecified atom stereocenters. The molecule has 0 saturated carbocycles. The summed E-state index contributed by atoms with van der Waals surface area (Å²) in [5.74, 6) is 0. The van der Waals surface area contributed by atoms with E-state index in [4.69, 9.17) is 11.6 Å². The number of nitro groups is 1. The summed E-state index contributed by atoms with van der Waals surface area (Å²) in [6.45, 7) is 1.09. The zero-order valence-corrected chi connectivity index (χ0v) is 11.2. The fraction of sp³-hybridized carbons (Fsp3) is 0.231. The molecule has 5 nitrogen and oxygen atoms in total. The SMILES string of the molecule is CNCc1cccn1Cc1c(Cl)cccc1[N+](=O)[O-]. The maximum Gasteiger partial charge on any atom is 0.275 e. The van der Waals surface area contributed by atoms with Gasteiger partial charge in [-0.05, 0) is 25.2 Å². The first kappa shape index (κ1) is 13.6. The minimum atomic E-state index is -0.400. The van der Waals surface area contributed by atoms with Crippen LogP contribution in [0.4, 0.5) is 5.69 Å². The van der Waals surface area contributed by atoms with Crippen molar-refractivity contribution in [2.45, 2.75) is 13.1 Å². The van der Waals surface area contributed by atoms with Gasteiger partial charge < -0.3 is 9.88 Å². The summed E-state index contributed by atoms with van der Waals surface area (Å²) >= 11 is 6.09. The average molecular weight is 280 g/mol. The Morgan fingerprint density at radius 1 is 1.37 bits per heavy atom. The molecule has 0 aliphatic rings. The molecule has 1 heterocycles. The molecule has 0 atom stereocenters. The van der Waals surface area contributed by atoms with Crippen LogP contribution in [0.3, 0.4) is 0 Å². The van der Waals surface area contributed by atoms with Crippen molar-refractivity contribution in [3.63, 3.8) is 0 Å². The van der Waals surface area contributed by atoms with Gasteiger partial charge in [0.2, 0.25) is 0 Å². The molecule has 1 N–H and O–H groups in total. The van der Waals surface area contributed by atoms with E-state index in [0.29, 0.717) is 23.7 Å². The van der Waals surface area contributed by atoms with Crippen LogP contribution in [0.1, 0.15) is 11.3 Å². The number of halogens is 1. The van der Waals surface area contributed by atoms with E-state index in [0.717, 1.165) is 5.69 Å². The maximum absolute atomic E-state index is 11.0. The summed E-state index contributed by atoms with van der Waals surface area (Å²) in [5.41, 5.74) is 1.64. The monoisotopic (exact) mass is 279 g/mol. The highest BCUT2D eigenvalue weighted by Crippen LogP contribution is 2.27. The van der Waals surface area contributed by atoms with Crippen molar-refractivity contribution in [1.29, 1.82) is 0 Å². The van der Waals surface area contributed by atoms with Gasteiger partial charge in [0, 0.05) is 24.5 Å². The van der Waals surface area contributed by atoms with Crippen molar-refractivity contribution in [2.24, 2.45) is 0 Å². The number of rotatable bonds is 5. The second-order valence-corrected chi connectivity index (χ2v) is 4.56. The van der Waals surface area contributed by atoms with Crippen molar-refractivity contribution in [1.82, 2.24) is 9.88 Å². The third-order valence-corrected chi connectivity index (χ3v) is 3.25. The smallest absolute Gasteiger partial charge is 0.275 e. The highest BCUT2D eigenvalue weighted by atomic mass is 35.5.